The molecule has 6 nitrogen and oxygen atoms in total. The molecular formula is C18H17N3O3S. The smallest absolute Gasteiger partial charge is 0.225 e. The first kappa shape index (κ1) is 13.6. The van der Waals surface area contributed by atoms with Gasteiger partial charge in [0.15, 0.2) is 0 Å². The van der Waals surface area contributed by atoms with Crippen LogP contribution in [0.3, 0.4) is 0 Å². The summed E-state index contributed by atoms with van der Waals surface area (Å²) < 4.78 is 0. The summed E-state index contributed by atoms with van der Waals surface area (Å²) in [7, 11) is 0. The third-order valence-corrected chi connectivity index (χ3v) is 8.46. The number of thioether (sulfide) groups is 1. The van der Waals surface area contributed by atoms with Gasteiger partial charge in [-0.3, -0.25) is 9.69 Å². The number of aliphatic hydroxyl groups excluding tert-OH is 2. The Morgan fingerprint density at radius 2 is 2.24 bits per heavy atom. The number of piperidine rings is 1. The van der Waals surface area contributed by atoms with Crippen molar-refractivity contribution < 1.29 is 15.0 Å². The van der Waals surface area contributed by atoms with Crippen LogP contribution in [0.25, 0.3) is 0 Å². The zero-order chi connectivity index (χ0) is 16.7. The number of nitrogens with zero attached hydrogens (tertiary/aromatic N) is 1. The molecule has 25 heavy (non-hydrogen) atoms. The van der Waals surface area contributed by atoms with Crippen LogP contribution in [0.2, 0.25) is 0 Å². The van der Waals surface area contributed by atoms with Crippen LogP contribution in [0.4, 0.5) is 0 Å². The summed E-state index contributed by atoms with van der Waals surface area (Å²) in [5.41, 5.74) is 4.20. The maximum Gasteiger partial charge on any atom is 0.225 e. The number of carbonyl (C=O) groups excluding carboxylic acids is 1. The van der Waals surface area contributed by atoms with Gasteiger partial charge in [-0.1, -0.05) is 0 Å². The Kier molecular flexibility index (Phi) is 2.13. The van der Waals surface area contributed by atoms with Crippen molar-refractivity contribution in [1.82, 2.24) is 15.2 Å². The number of aromatic nitrogens is 1. The number of rotatable bonds is 0. The molecule has 3 bridgehead atoms. The first-order valence-electron chi connectivity index (χ1n) is 8.88. The van der Waals surface area contributed by atoms with Gasteiger partial charge < -0.3 is 20.5 Å². The summed E-state index contributed by atoms with van der Waals surface area (Å²) in [6.45, 7) is 0.786. The van der Waals surface area contributed by atoms with Crippen LogP contribution in [0.1, 0.15) is 34.1 Å². The van der Waals surface area contributed by atoms with Crippen LogP contribution in [0, 0.1) is 5.41 Å². The SMILES string of the molecule is O=C1C2=C3C4c5c(c[nH]c51)CCN4[C@@H]1[C@H](O)C=C4S[C@@H](C[C@@]43[C@H]1O)N2. The third kappa shape index (κ3) is 1.23. The average Bonchev–Trinajstić information content (AvgIpc) is 3.13. The maximum atomic E-state index is 13.2. The highest BCUT2D eigenvalue weighted by Crippen LogP contribution is 2.69. The number of hydrogen-bond acceptors (Lipinski definition) is 6. The van der Waals surface area contributed by atoms with Crippen molar-refractivity contribution in [2.45, 2.75) is 42.5 Å². The molecule has 4 aliphatic heterocycles. The predicted molar refractivity (Wildman–Crippen MR) is 90.7 cm³/mol. The molecule has 2 saturated heterocycles. The van der Waals surface area contributed by atoms with Crippen LogP contribution in [0.5, 0.6) is 0 Å². The Morgan fingerprint density at radius 1 is 1.36 bits per heavy atom. The van der Waals surface area contributed by atoms with Crippen molar-refractivity contribution in [1.29, 1.82) is 0 Å². The maximum absolute atomic E-state index is 13.2. The zero-order valence-corrected chi connectivity index (χ0v) is 14.1. The van der Waals surface area contributed by atoms with E-state index in [2.05, 4.69) is 15.2 Å². The molecule has 6 atom stereocenters. The molecule has 7 heteroatoms. The van der Waals surface area contributed by atoms with Gasteiger partial charge in [-0.05, 0) is 35.0 Å². The second-order valence-corrected chi connectivity index (χ2v) is 9.24. The second kappa shape index (κ2) is 3.91. The Morgan fingerprint density at radius 3 is 3.12 bits per heavy atom. The Labute approximate surface area is 148 Å². The molecule has 0 radical (unpaired) electrons. The molecule has 2 fully saturated rings. The lowest BCUT2D eigenvalue weighted by molar-refractivity contribution is -0.108. The fraction of sp³-hybridized carbons (Fsp3) is 0.500. The number of ketones is 1. The number of allylic oxidation sites excluding steroid dienone is 1. The molecule has 1 aromatic rings. The normalized spacial score (nSPS) is 45.4. The lowest BCUT2D eigenvalue weighted by atomic mass is 9.56. The minimum atomic E-state index is -0.672. The van der Waals surface area contributed by atoms with E-state index < -0.39 is 17.6 Å². The summed E-state index contributed by atoms with van der Waals surface area (Å²) in [5, 5.41) is 25.7. The number of nitrogens with one attached hydrogen (secondary N) is 2. The van der Waals surface area contributed by atoms with Gasteiger partial charge in [0.25, 0.3) is 0 Å². The molecule has 0 saturated carbocycles. The minimum absolute atomic E-state index is 0.0170. The lowest BCUT2D eigenvalue weighted by Gasteiger charge is -2.61. The Bertz CT molecular complexity index is 949. The molecule has 1 unspecified atom stereocenters. The number of Topliss-reactive ketones (excluding diaryl/α,β-unsaturated/α-hetero) is 1. The van der Waals surface area contributed by atoms with Gasteiger partial charge in [0, 0.05) is 18.3 Å². The lowest BCUT2D eigenvalue weighted by Crippen LogP contribution is -2.68. The largest absolute Gasteiger partial charge is 0.390 e. The van der Waals surface area contributed by atoms with Gasteiger partial charge in [0.1, 0.15) is 0 Å². The molecule has 5 heterocycles. The van der Waals surface area contributed by atoms with Crippen molar-refractivity contribution >= 4 is 17.5 Å². The highest BCUT2D eigenvalue weighted by molar-refractivity contribution is 8.04. The molecule has 1 aromatic heterocycles. The van der Waals surface area contributed by atoms with E-state index in [1.807, 2.05) is 12.3 Å². The van der Waals surface area contributed by atoms with Crippen molar-refractivity contribution in [3.63, 3.8) is 0 Å². The van der Waals surface area contributed by atoms with Gasteiger partial charge in [-0.25, -0.2) is 0 Å². The first-order valence-corrected chi connectivity index (χ1v) is 9.76. The van der Waals surface area contributed by atoms with Crippen molar-refractivity contribution in [2.75, 3.05) is 6.54 Å². The van der Waals surface area contributed by atoms with E-state index in [-0.39, 0.29) is 23.2 Å². The van der Waals surface area contributed by atoms with Gasteiger partial charge in [-0.2, -0.15) is 0 Å². The van der Waals surface area contributed by atoms with Gasteiger partial charge in [0.05, 0.1) is 46.5 Å². The monoisotopic (exact) mass is 355 g/mol. The molecule has 1 spiro atoms. The zero-order valence-electron chi connectivity index (χ0n) is 13.3. The molecule has 128 valence electrons. The van der Waals surface area contributed by atoms with Crippen molar-refractivity contribution in [2.24, 2.45) is 5.41 Å². The molecule has 6 aliphatic rings. The summed E-state index contributed by atoms with van der Waals surface area (Å²) in [4.78, 5) is 19.7. The number of aromatic amines is 1. The molecule has 0 amide bonds. The van der Waals surface area contributed by atoms with Crippen LogP contribution in [-0.2, 0) is 6.42 Å². The number of H-pyrrole nitrogens is 1. The number of hydrogen-bond donors (Lipinski definition) is 4. The number of fused-ring (bicyclic) bond motifs is 3. The molecular weight excluding hydrogens is 338 g/mol. The third-order valence-electron chi connectivity index (χ3n) is 7.13. The highest BCUT2D eigenvalue weighted by Gasteiger charge is 2.68. The van der Waals surface area contributed by atoms with Crippen LogP contribution < -0.4 is 5.32 Å². The Hall–Kier alpha value is -1.54. The second-order valence-electron chi connectivity index (χ2n) is 7.99. The van der Waals surface area contributed by atoms with E-state index in [1.54, 1.807) is 11.8 Å². The summed E-state index contributed by atoms with van der Waals surface area (Å²) >= 11 is 1.67. The van der Waals surface area contributed by atoms with E-state index in [0.717, 1.165) is 35.4 Å². The van der Waals surface area contributed by atoms with Gasteiger partial charge >= 0.3 is 0 Å². The Balaban J connectivity index is 1.63. The van der Waals surface area contributed by atoms with E-state index in [0.29, 0.717) is 11.4 Å². The van der Waals surface area contributed by atoms with Crippen LogP contribution >= 0.6 is 11.8 Å². The summed E-state index contributed by atoms with van der Waals surface area (Å²) in [6, 6.07) is -0.322. The van der Waals surface area contributed by atoms with E-state index in [1.165, 1.54) is 5.56 Å². The van der Waals surface area contributed by atoms with E-state index in [9.17, 15) is 15.0 Å². The standard InChI is InChI=1S/C18H17N3O3S/c22-7-3-8-18-4-9(25-8)20-13-11(18)15-10-6(5-19-12(10)16(13)23)1-2-21(15)14(7)17(18)24/h3,5,7,9,14-15,17,19-20,22,24H,1-2,4H2/t7-,9+,14-,15?,17+,18-/m1/s1. The first-order chi connectivity index (χ1) is 12.1. The fourth-order valence-corrected chi connectivity index (χ4v) is 7.83. The summed E-state index contributed by atoms with van der Waals surface area (Å²) in [6.07, 6.45) is 4.19. The quantitative estimate of drug-likeness (QED) is 0.539. The van der Waals surface area contributed by atoms with Crippen molar-refractivity contribution in [3.05, 3.63) is 45.3 Å². The predicted octanol–water partition coefficient (Wildman–Crippen LogP) is 0.418. The number of carbonyl (C=O) groups is 1. The summed E-state index contributed by atoms with van der Waals surface area (Å²) in [5.74, 6) is 0.0250. The van der Waals surface area contributed by atoms with E-state index >= 15 is 0 Å². The molecule has 0 aromatic carbocycles. The molecule has 4 N–H and O–H groups in total. The van der Waals surface area contributed by atoms with Crippen LogP contribution in [-0.4, -0.2) is 56.0 Å². The van der Waals surface area contributed by atoms with Crippen molar-refractivity contribution in [3.8, 4) is 0 Å². The fourth-order valence-electron chi connectivity index (χ4n) is 6.25. The highest BCUT2D eigenvalue weighted by atomic mass is 32.2. The van der Waals surface area contributed by atoms with Gasteiger partial charge in [0.2, 0.25) is 5.78 Å². The van der Waals surface area contributed by atoms with Crippen LogP contribution in [0.15, 0.2) is 28.4 Å². The molecule has 2 aliphatic carbocycles. The number of aliphatic hydroxyl groups is 2. The van der Waals surface area contributed by atoms with E-state index in [4.69, 9.17) is 0 Å². The topological polar surface area (TPSA) is 88.6 Å². The molecule has 7 rings (SSSR count). The average molecular weight is 355 g/mol. The van der Waals surface area contributed by atoms with Gasteiger partial charge in [-0.15, -0.1) is 11.8 Å². The minimum Gasteiger partial charge on any atom is -0.390 e.